The Labute approximate surface area is 154 Å². The predicted octanol–water partition coefficient (Wildman–Crippen LogP) is 3.60. The lowest BCUT2D eigenvalue weighted by atomic mass is 10.2. The van der Waals surface area contributed by atoms with Crippen molar-refractivity contribution in [3.05, 3.63) is 58.6 Å². The van der Waals surface area contributed by atoms with Crippen LogP contribution in [0.5, 0.6) is 5.75 Å². The fraction of sp³-hybridized carbons (Fsp3) is 0.176. The van der Waals surface area contributed by atoms with Gasteiger partial charge in [0.05, 0.1) is 12.2 Å². The number of carbonyl (C=O) groups excluding carboxylic acids is 1. The van der Waals surface area contributed by atoms with Crippen molar-refractivity contribution in [2.45, 2.75) is 0 Å². The van der Waals surface area contributed by atoms with Gasteiger partial charge in [0.15, 0.2) is 5.11 Å². The molecule has 0 atom stereocenters. The van der Waals surface area contributed by atoms with Crippen LogP contribution in [-0.2, 0) is 4.74 Å². The molecule has 0 unspecified atom stereocenters. The lowest BCUT2D eigenvalue weighted by molar-refractivity contribution is 0.0970. The number of thiocarbonyl (C=S) groups is 1. The predicted molar refractivity (Wildman–Crippen MR) is 102 cm³/mol. The molecule has 0 bridgehead atoms. The fourth-order valence-corrected chi connectivity index (χ4v) is 2.52. The van der Waals surface area contributed by atoms with Crippen molar-refractivity contribution in [3.8, 4) is 5.75 Å². The van der Waals surface area contributed by atoms with Crippen LogP contribution in [0.3, 0.4) is 0 Å². The highest BCUT2D eigenvalue weighted by Gasteiger charge is 2.13. The Morgan fingerprint density at radius 2 is 1.96 bits per heavy atom. The summed E-state index contributed by atoms with van der Waals surface area (Å²) in [6.07, 6.45) is 0. The molecule has 0 aromatic heterocycles. The first-order chi connectivity index (χ1) is 11.6. The number of halogens is 1. The van der Waals surface area contributed by atoms with Crippen LogP contribution in [0.4, 0.5) is 5.69 Å². The van der Waals surface area contributed by atoms with Gasteiger partial charge < -0.3 is 14.8 Å². The fourth-order valence-electron chi connectivity index (χ4n) is 1.91. The summed E-state index contributed by atoms with van der Waals surface area (Å²) in [5, 5.41) is 5.83. The van der Waals surface area contributed by atoms with Crippen molar-refractivity contribution in [1.29, 1.82) is 0 Å². The molecule has 0 fully saturated rings. The van der Waals surface area contributed by atoms with E-state index in [0.717, 1.165) is 10.2 Å². The standard InChI is InChI=1S/C17H17BrN2O3S/c1-22-9-10-23-15-8-3-2-7-14(15)16(21)20-17(24)19-13-6-4-5-12(18)11-13/h2-8,11H,9-10H2,1H3,(H2,19,20,21,24). The molecule has 0 aliphatic carbocycles. The van der Waals surface area contributed by atoms with Crippen LogP contribution in [0.15, 0.2) is 53.0 Å². The van der Waals surface area contributed by atoms with Crippen molar-refractivity contribution in [2.75, 3.05) is 25.6 Å². The SMILES string of the molecule is COCCOc1ccccc1C(=O)NC(=S)Nc1cccc(Br)c1. The molecule has 2 aromatic carbocycles. The summed E-state index contributed by atoms with van der Waals surface area (Å²) >= 11 is 8.57. The number of hydrogen-bond donors (Lipinski definition) is 2. The van der Waals surface area contributed by atoms with Crippen LogP contribution in [0.25, 0.3) is 0 Å². The Kier molecular flexibility index (Phi) is 7.17. The van der Waals surface area contributed by atoms with Crippen LogP contribution < -0.4 is 15.4 Å². The monoisotopic (exact) mass is 408 g/mol. The molecule has 0 spiro atoms. The van der Waals surface area contributed by atoms with Gasteiger partial charge in [-0.3, -0.25) is 10.1 Å². The topological polar surface area (TPSA) is 59.6 Å². The van der Waals surface area contributed by atoms with Gasteiger partial charge in [0, 0.05) is 17.3 Å². The Balaban J connectivity index is 2.00. The number of hydrogen-bond acceptors (Lipinski definition) is 4. The third-order valence-corrected chi connectivity index (χ3v) is 3.68. The van der Waals surface area contributed by atoms with Gasteiger partial charge in [-0.15, -0.1) is 0 Å². The number of para-hydroxylation sites is 1. The van der Waals surface area contributed by atoms with Gasteiger partial charge in [0.1, 0.15) is 12.4 Å². The molecule has 2 aromatic rings. The first-order valence-electron chi connectivity index (χ1n) is 7.19. The molecule has 0 radical (unpaired) electrons. The van der Waals surface area contributed by atoms with E-state index in [1.54, 1.807) is 31.4 Å². The van der Waals surface area contributed by atoms with Crippen LogP contribution in [0.1, 0.15) is 10.4 Å². The Bertz CT molecular complexity index is 724. The highest BCUT2D eigenvalue weighted by molar-refractivity contribution is 9.10. The minimum atomic E-state index is -0.337. The molecule has 0 saturated heterocycles. The number of amides is 1. The summed E-state index contributed by atoms with van der Waals surface area (Å²) in [5.74, 6) is 0.146. The van der Waals surface area contributed by atoms with Crippen molar-refractivity contribution < 1.29 is 14.3 Å². The molecular formula is C17H17BrN2O3S. The van der Waals surface area contributed by atoms with E-state index in [2.05, 4.69) is 26.6 Å². The van der Waals surface area contributed by atoms with Gasteiger partial charge in [0.2, 0.25) is 0 Å². The average Bonchev–Trinajstić information content (AvgIpc) is 2.55. The number of rotatable bonds is 6. The van der Waals surface area contributed by atoms with Crippen LogP contribution >= 0.6 is 28.1 Å². The molecule has 0 saturated carbocycles. The summed E-state index contributed by atoms with van der Waals surface area (Å²) in [7, 11) is 1.59. The first kappa shape index (κ1) is 18.4. The molecule has 0 heterocycles. The molecule has 1 amide bonds. The van der Waals surface area contributed by atoms with E-state index in [9.17, 15) is 4.79 Å². The number of methoxy groups -OCH3 is 1. The summed E-state index contributed by atoms with van der Waals surface area (Å²) in [5.41, 5.74) is 1.19. The summed E-state index contributed by atoms with van der Waals surface area (Å²) < 4.78 is 11.4. The van der Waals surface area contributed by atoms with E-state index >= 15 is 0 Å². The maximum Gasteiger partial charge on any atom is 0.261 e. The zero-order valence-corrected chi connectivity index (χ0v) is 15.4. The highest BCUT2D eigenvalue weighted by Crippen LogP contribution is 2.18. The van der Waals surface area contributed by atoms with Gasteiger partial charge in [-0.1, -0.05) is 34.1 Å². The number of anilines is 1. The first-order valence-corrected chi connectivity index (χ1v) is 8.39. The van der Waals surface area contributed by atoms with Gasteiger partial charge in [-0.2, -0.15) is 0 Å². The largest absolute Gasteiger partial charge is 0.490 e. The Morgan fingerprint density at radius 1 is 1.17 bits per heavy atom. The van der Waals surface area contributed by atoms with E-state index in [1.807, 2.05) is 24.3 Å². The van der Waals surface area contributed by atoms with E-state index in [0.29, 0.717) is 24.5 Å². The average molecular weight is 409 g/mol. The summed E-state index contributed by atoms with van der Waals surface area (Å²) in [6.45, 7) is 0.806. The molecule has 24 heavy (non-hydrogen) atoms. The molecule has 5 nitrogen and oxygen atoms in total. The van der Waals surface area contributed by atoms with Gasteiger partial charge in [0.25, 0.3) is 5.91 Å². The molecule has 0 aliphatic rings. The quantitative estimate of drug-likeness (QED) is 0.564. The highest BCUT2D eigenvalue weighted by atomic mass is 79.9. The minimum Gasteiger partial charge on any atom is -0.490 e. The minimum absolute atomic E-state index is 0.213. The molecule has 2 rings (SSSR count). The molecular weight excluding hydrogens is 392 g/mol. The molecule has 2 N–H and O–H groups in total. The number of carbonyl (C=O) groups is 1. The van der Waals surface area contributed by atoms with E-state index in [4.69, 9.17) is 21.7 Å². The lowest BCUT2D eigenvalue weighted by Gasteiger charge is -2.13. The number of ether oxygens (including phenoxy) is 2. The molecule has 7 heteroatoms. The van der Waals surface area contributed by atoms with Crippen LogP contribution in [0, 0.1) is 0 Å². The maximum absolute atomic E-state index is 12.4. The van der Waals surface area contributed by atoms with Crippen LogP contribution in [0.2, 0.25) is 0 Å². The summed E-state index contributed by atoms with van der Waals surface area (Å²) in [6, 6.07) is 14.5. The van der Waals surface area contributed by atoms with Crippen molar-refractivity contribution in [3.63, 3.8) is 0 Å². The Morgan fingerprint density at radius 3 is 2.71 bits per heavy atom. The second-order valence-corrected chi connectivity index (χ2v) is 6.08. The van der Waals surface area contributed by atoms with Crippen LogP contribution in [-0.4, -0.2) is 31.3 Å². The maximum atomic E-state index is 12.4. The van der Waals surface area contributed by atoms with E-state index in [1.165, 1.54) is 0 Å². The number of benzene rings is 2. The van der Waals surface area contributed by atoms with Crippen molar-refractivity contribution in [2.24, 2.45) is 0 Å². The van der Waals surface area contributed by atoms with Crippen molar-refractivity contribution in [1.82, 2.24) is 5.32 Å². The second-order valence-electron chi connectivity index (χ2n) is 4.76. The number of nitrogens with one attached hydrogen (secondary N) is 2. The van der Waals surface area contributed by atoms with Crippen molar-refractivity contribution >= 4 is 44.9 Å². The zero-order valence-electron chi connectivity index (χ0n) is 13.0. The smallest absolute Gasteiger partial charge is 0.261 e. The molecule has 126 valence electrons. The lowest BCUT2D eigenvalue weighted by Crippen LogP contribution is -2.34. The zero-order chi connectivity index (χ0) is 17.4. The third-order valence-electron chi connectivity index (χ3n) is 2.99. The van der Waals surface area contributed by atoms with E-state index < -0.39 is 0 Å². The van der Waals surface area contributed by atoms with E-state index in [-0.39, 0.29) is 11.0 Å². The van der Waals surface area contributed by atoms with Gasteiger partial charge >= 0.3 is 0 Å². The molecule has 0 aliphatic heterocycles. The third kappa shape index (κ3) is 5.59. The summed E-state index contributed by atoms with van der Waals surface area (Å²) in [4.78, 5) is 12.4. The second kappa shape index (κ2) is 9.36. The Hall–Kier alpha value is -1.96. The van der Waals surface area contributed by atoms with Gasteiger partial charge in [-0.05, 0) is 42.5 Å². The normalized spacial score (nSPS) is 10.1. The van der Waals surface area contributed by atoms with Gasteiger partial charge in [-0.25, -0.2) is 0 Å².